The Balaban J connectivity index is 0. The summed E-state index contributed by atoms with van der Waals surface area (Å²) in [4.78, 5) is 35.7. The van der Waals surface area contributed by atoms with Crippen LogP contribution in [0.2, 0.25) is 0 Å². The normalized spacial score (nSPS) is 14.5. The number of hydrogen-bond acceptors (Lipinski definition) is 7. The third kappa shape index (κ3) is 21.3. The topological polar surface area (TPSA) is 82.1 Å². The van der Waals surface area contributed by atoms with Crippen LogP contribution in [0.1, 0.15) is 74.1 Å². The van der Waals surface area contributed by atoms with E-state index in [0.717, 1.165) is 25.6 Å². The first-order valence-corrected chi connectivity index (χ1v) is 16.4. The highest BCUT2D eigenvalue weighted by molar-refractivity contribution is 8.55. The van der Waals surface area contributed by atoms with Crippen molar-refractivity contribution >= 4 is 36.5 Å². The summed E-state index contributed by atoms with van der Waals surface area (Å²) in [7, 11) is 1.74. The Morgan fingerprint density at radius 2 is 1.49 bits per heavy atom. The van der Waals surface area contributed by atoms with Gasteiger partial charge in [-0.1, -0.05) is 41.5 Å². The summed E-state index contributed by atoms with van der Waals surface area (Å²) in [5.74, 6) is 1.64. The predicted molar refractivity (Wildman–Crippen MR) is 149 cm³/mol. The second-order valence-corrected chi connectivity index (χ2v) is 14.0. The van der Waals surface area contributed by atoms with Crippen LogP contribution in [-0.4, -0.2) is 87.3 Å². The summed E-state index contributed by atoms with van der Waals surface area (Å²) >= 11 is 2.02. The molecule has 0 aromatic carbocycles. The Morgan fingerprint density at radius 3 is 1.91 bits per heavy atom. The number of nitrogens with zero attached hydrogens (tertiary/aromatic N) is 1. The number of ketones is 2. The molecule has 0 aromatic heterocycles. The van der Waals surface area contributed by atoms with Crippen molar-refractivity contribution in [3.8, 4) is 0 Å². The van der Waals surface area contributed by atoms with Crippen LogP contribution < -0.4 is 0 Å². The zero-order chi connectivity index (χ0) is 27.2. The Kier molecular flexibility index (Phi) is 25.0. The summed E-state index contributed by atoms with van der Waals surface area (Å²) in [6.07, 6.45) is 4.84. The lowest BCUT2D eigenvalue weighted by molar-refractivity contribution is -0.126. The molecule has 0 fully saturated rings. The summed E-state index contributed by atoms with van der Waals surface area (Å²) in [5, 5.41) is 0. The van der Waals surface area contributed by atoms with Gasteiger partial charge in [-0.15, -0.1) is 11.4 Å². The summed E-state index contributed by atoms with van der Waals surface area (Å²) in [5.41, 5.74) is 0. The van der Waals surface area contributed by atoms with Crippen LogP contribution in [0.3, 0.4) is 0 Å². The van der Waals surface area contributed by atoms with E-state index in [1.165, 1.54) is 10.7 Å². The van der Waals surface area contributed by atoms with Crippen LogP contribution in [0.15, 0.2) is 0 Å². The molecular formula is C26H52NO6PS. The predicted octanol–water partition coefficient (Wildman–Crippen LogP) is 5.64. The molecule has 0 aliphatic carbocycles. The average molecular weight is 538 g/mol. The molecule has 4 unspecified atom stereocenters. The van der Waals surface area contributed by atoms with Crippen LogP contribution in [0, 0.1) is 11.8 Å². The van der Waals surface area contributed by atoms with Gasteiger partial charge in [0.2, 0.25) is 6.41 Å². The van der Waals surface area contributed by atoms with Crippen molar-refractivity contribution in [2.24, 2.45) is 11.8 Å². The first-order valence-electron chi connectivity index (χ1n) is 12.9. The minimum Gasteiger partial charge on any atom is -0.379 e. The molecule has 4 atom stereocenters. The van der Waals surface area contributed by atoms with Gasteiger partial charge in [0.05, 0.1) is 44.9 Å². The zero-order valence-corrected chi connectivity index (χ0v) is 25.4. The first-order chi connectivity index (χ1) is 16.5. The van der Waals surface area contributed by atoms with Crippen LogP contribution in [-0.2, 0) is 28.6 Å². The summed E-state index contributed by atoms with van der Waals surface area (Å²) < 4.78 is 16.7. The zero-order valence-electron chi connectivity index (χ0n) is 23.7. The second kappa shape index (κ2) is 23.8. The SMILES string of the molecule is CCC(C)C(=O)CCOCC(COCCC(=O)C(C)C)N(C)C=O.CCSP(C)COC(C)CC. The molecule has 0 bridgehead atoms. The van der Waals surface area contributed by atoms with Gasteiger partial charge in [-0.05, 0) is 39.3 Å². The molecule has 0 radical (unpaired) electrons. The van der Waals surface area contributed by atoms with E-state index < -0.39 is 0 Å². The number of carbonyl (C=O) groups is 3. The van der Waals surface area contributed by atoms with E-state index in [0.29, 0.717) is 45.4 Å². The Hall–Kier alpha value is -0.530. The number of rotatable bonds is 21. The van der Waals surface area contributed by atoms with E-state index in [9.17, 15) is 14.4 Å². The maximum absolute atomic E-state index is 11.7. The van der Waals surface area contributed by atoms with Crippen molar-refractivity contribution in [3.05, 3.63) is 0 Å². The second-order valence-electron chi connectivity index (χ2n) is 9.03. The lowest BCUT2D eigenvalue weighted by Gasteiger charge is -2.24. The minimum atomic E-state index is -0.227. The third-order valence-electron chi connectivity index (χ3n) is 5.62. The average Bonchev–Trinajstić information content (AvgIpc) is 2.85. The number of hydrogen-bond donors (Lipinski definition) is 0. The fourth-order valence-corrected chi connectivity index (χ4v) is 5.23. The monoisotopic (exact) mass is 537 g/mol. The lowest BCUT2D eigenvalue weighted by atomic mass is 10.0. The molecule has 0 rings (SSSR count). The number of Topliss-reactive ketones (excluding diaryl/α,β-unsaturated/α-hetero) is 2. The minimum absolute atomic E-state index is 0.00780. The third-order valence-corrected chi connectivity index (χ3v) is 9.24. The van der Waals surface area contributed by atoms with Gasteiger partial charge >= 0.3 is 0 Å². The van der Waals surface area contributed by atoms with E-state index in [4.69, 9.17) is 14.2 Å². The number of ether oxygens (including phenoxy) is 3. The molecule has 0 N–H and O–H groups in total. The molecule has 0 heterocycles. The van der Waals surface area contributed by atoms with Crippen molar-refractivity contribution in [3.63, 3.8) is 0 Å². The lowest BCUT2D eigenvalue weighted by Crippen LogP contribution is -2.39. The van der Waals surface area contributed by atoms with Crippen molar-refractivity contribution in [2.45, 2.75) is 86.3 Å². The van der Waals surface area contributed by atoms with Crippen LogP contribution >= 0.6 is 18.5 Å². The number of amides is 1. The van der Waals surface area contributed by atoms with Crippen LogP contribution in [0.4, 0.5) is 0 Å². The van der Waals surface area contributed by atoms with Gasteiger partial charge in [0, 0.05) is 31.7 Å². The Labute approximate surface area is 220 Å². The maximum Gasteiger partial charge on any atom is 0.209 e. The molecule has 0 aromatic rings. The molecule has 0 aliphatic heterocycles. The van der Waals surface area contributed by atoms with Gasteiger partial charge < -0.3 is 19.1 Å². The molecule has 208 valence electrons. The van der Waals surface area contributed by atoms with Gasteiger partial charge in [0.25, 0.3) is 0 Å². The molecular weight excluding hydrogens is 485 g/mol. The standard InChI is InChI=1S/C18H33NO5.C8H19OPS/c1-6-15(4)18(22)8-10-24-12-16(19(5)13-20)11-23-9-7-17(21)14(2)3;1-5-8(3)9-7-10(4)11-6-2/h13-16H,6-12H2,1-5H3;8H,5-7H2,1-4H3. The van der Waals surface area contributed by atoms with E-state index in [-0.39, 0.29) is 36.6 Å². The fourth-order valence-electron chi connectivity index (χ4n) is 2.52. The van der Waals surface area contributed by atoms with E-state index in [1.54, 1.807) is 7.05 Å². The van der Waals surface area contributed by atoms with E-state index in [2.05, 4.69) is 27.4 Å². The van der Waals surface area contributed by atoms with Gasteiger partial charge in [-0.25, -0.2) is 0 Å². The van der Waals surface area contributed by atoms with Crippen LogP contribution in [0.25, 0.3) is 0 Å². The van der Waals surface area contributed by atoms with E-state index >= 15 is 0 Å². The summed E-state index contributed by atoms with van der Waals surface area (Å²) in [6.45, 7) is 17.7. The van der Waals surface area contributed by atoms with Gasteiger partial charge in [0.1, 0.15) is 11.6 Å². The van der Waals surface area contributed by atoms with Crippen LogP contribution in [0.5, 0.6) is 0 Å². The molecule has 35 heavy (non-hydrogen) atoms. The van der Waals surface area contributed by atoms with Gasteiger partial charge in [-0.2, -0.15) is 0 Å². The fraction of sp³-hybridized carbons (Fsp3) is 0.885. The number of likely N-dealkylation sites (N-methyl/N-ethyl adjacent to an activating group) is 1. The van der Waals surface area contributed by atoms with Crippen molar-refractivity contribution in [1.29, 1.82) is 0 Å². The largest absolute Gasteiger partial charge is 0.379 e. The molecule has 9 heteroatoms. The van der Waals surface area contributed by atoms with Gasteiger partial charge in [0.15, 0.2) is 0 Å². The summed E-state index contributed by atoms with van der Waals surface area (Å²) in [6, 6.07) is -0.227. The highest BCUT2D eigenvalue weighted by atomic mass is 32.7. The van der Waals surface area contributed by atoms with Crippen molar-refractivity contribution in [2.75, 3.05) is 52.2 Å². The Bertz CT molecular complexity index is 552. The molecule has 0 saturated heterocycles. The van der Waals surface area contributed by atoms with E-state index in [1.807, 2.05) is 39.1 Å². The molecule has 0 saturated carbocycles. The number of carbonyl (C=O) groups excluding carboxylic acids is 3. The maximum atomic E-state index is 11.7. The highest BCUT2D eigenvalue weighted by Gasteiger charge is 2.16. The smallest absolute Gasteiger partial charge is 0.209 e. The molecule has 7 nitrogen and oxygen atoms in total. The quantitative estimate of drug-likeness (QED) is 0.107. The van der Waals surface area contributed by atoms with Gasteiger partial charge in [-0.3, -0.25) is 14.4 Å². The molecule has 0 spiro atoms. The van der Waals surface area contributed by atoms with Crippen molar-refractivity contribution < 1.29 is 28.6 Å². The molecule has 0 aliphatic rings. The molecule has 1 amide bonds. The Morgan fingerprint density at radius 1 is 0.943 bits per heavy atom. The van der Waals surface area contributed by atoms with Crippen molar-refractivity contribution in [1.82, 2.24) is 4.90 Å². The highest BCUT2D eigenvalue weighted by Crippen LogP contribution is 2.45. The first kappa shape index (κ1) is 36.6.